The molecule has 3 aromatic rings. The van der Waals surface area contributed by atoms with Gasteiger partial charge in [0.15, 0.2) is 5.82 Å². The number of hydrogen-bond acceptors (Lipinski definition) is 5. The Kier molecular flexibility index (Phi) is 4.51. The van der Waals surface area contributed by atoms with Crippen LogP contribution in [0.2, 0.25) is 10.2 Å². The van der Waals surface area contributed by atoms with E-state index < -0.39 is 5.91 Å². The summed E-state index contributed by atoms with van der Waals surface area (Å²) in [7, 11) is 0. The zero-order valence-corrected chi connectivity index (χ0v) is 13.8. The lowest BCUT2D eigenvalue weighted by Gasteiger charge is -2.08. The molecule has 0 radical (unpaired) electrons. The summed E-state index contributed by atoms with van der Waals surface area (Å²) in [6.45, 7) is 0. The van der Waals surface area contributed by atoms with E-state index in [0.717, 1.165) is 4.90 Å². The minimum absolute atomic E-state index is 0.321. The van der Waals surface area contributed by atoms with Crippen molar-refractivity contribution in [3.63, 3.8) is 0 Å². The SMILES string of the molecule is NC(=O)c1ccn(-c2nccc(Sc3cnc(Cl)cn3)c2Cl)c1. The maximum Gasteiger partial charge on any atom is 0.250 e. The maximum atomic E-state index is 11.2. The fourth-order valence-corrected chi connectivity index (χ4v) is 2.98. The summed E-state index contributed by atoms with van der Waals surface area (Å²) in [5.74, 6) is -0.0204. The van der Waals surface area contributed by atoms with E-state index in [-0.39, 0.29) is 0 Å². The molecular formula is C14H9Cl2N5OS. The quantitative estimate of drug-likeness (QED) is 0.766. The van der Waals surface area contributed by atoms with E-state index in [0.29, 0.717) is 26.6 Å². The van der Waals surface area contributed by atoms with E-state index in [9.17, 15) is 4.79 Å². The first-order valence-corrected chi connectivity index (χ1v) is 7.90. The van der Waals surface area contributed by atoms with Crippen LogP contribution in [0.1, 0.15) is 10.4 Å². The normalized spacial score (nSPS) is 10.7. The minimum atomic E-state index is -0.512. The topological polar surface area (TPSA) is 86.7 Å². The van der Waals surface area contributed by atoms with E-state index in [1.165, 1.54) is 18.0 Å². The van der Waals surface area contributed by atoms with Gasteiger partial charge in [-0.1, -0.05) is 35.0 Å². The predicted octanol–water partition coefficient (Wildman–Crippen LogP) is 3.22. The number of primary amides is 1. The zero-order chi connectivity index (χ0) is 16.4. The second-order valence-corrected chi connectivity index (χ2v) is 6.23. The number of nitrogens with zero attached hydrogens (tertiary/aromatic N) is 4. The summed E-state index contributed by atoms with van der Waals surface area (Å²) in [5, 5.41) is 1.40. The van der Waals surface area contributed by atoms with Gasteiger partial charge < -0.3 is 10.3 Å². The lowest BCUT2D eigenvalue weighted by Crippen LogP contribution is -2.09. The Morgan fingerprint density at radius 1 is 1.17 bits per heavy atom. The van der Waals surface area contributed by atoms with Gasteiger partial charge >= 0.3 is 0 Å². The summed E-state index contributed by atoms with van der Waals surface area (Å²) in [6.07, 6.45) is 7.89. The zero-order valence-electron chi connectivity index (χ0n) is 11.5. The van der Waals surface area contributed by atoms with Crippen LogP contribution in [0.5, 0.6) is 0 Å². The average molecular weight is 366 g/mol. The number of rotatable bonds is 4. The molecule has 0 aliphatic rings. The molecule has 0 aromatic carbocycles. The number of carbonyl (C=O) groups is 1. The van der Waals surface area contributed by atoms with Crippen LogP contribution in [0.15, 0.2) is 53.0 Å². The standard InChI is InChI=1S/C14H9Cl2N5OS/c15-10-5-20-11(6-19-10)23-9-1-3-18-14(12(9)16)21-4-2-8(7-21)13(17)22/h1-7H,(H2,17,22). The highest BCUT2D eigenvalue weighted by atomic mass is 35.5. The number of halogens is 2. The molecule has 0 bridgehead atoms. The van der Waals surface area contributed by atoms with Gasteiger partial charge in [-0.15, -0.1) is 0 Å². The lowest BCUT2D eigenvalue weighted by molar-refractivity contribution is 0.100. The van der Waals surface area contributed by atoms with Gasteiger partial charge in [-0.3, -0.25) is 4.79 Å². The Morgan fingerprint density at radius 2 is 2.00 bits per heavy atom. The van der Waals surface area contributed by atoms with Gasteiger partial charge in [0.2, 0.25) is 5.91 Å². The highest BCUT2D eigenvalue weighted by molar-refractivity contribution is 7.99. The van der Waals surface area contributed by atoms with Crippen LogP contribution in [0.25, 0.3) is 5.82 Å². The molecule has 0 saturated heterocycles. The predicted molar refractivity (Wildman–Crippen MR) is 88.3 cm³/mol. The van der Waals surface area contributed by atoms with Gasteiger partial charge in [-0.2, -0.15) is 0 Å². The molecule has 3 aromatic heterocycles. The molecule has 0 spiro atoms. The van der Waals surface area contributed by atoms with Crippen molar-refractivity contribution in [1.82, 2.24) is 19.5 Å². The van der Waals surface area contributed by atoms with Crippen molar-refractivity contribution in [1.29, 1.82) is 0 Å². The summed E-state index contributed by atoms with van der Waals surface area (Å²) >= 11 is 13.5. The van der Waals surface area contributed by atoms with Crippen LogP contribution < -0.4 is 5.73 Å². The molecule has 9 heteroatoms. The lowest BCUT2D eigenvalue weighted by atomic mass is 10.3. The maximum absolute atomic E-state index is 11.2. The van der Waals surface area contributed by atoms with E-state index in [1.807, 2.05) is 0 Å². The molecule has 0 aliphatic heterocycles. The average Bonchev–Trinajstić information content (AvgIpc) is 3.01. The Bertz CT molecular complexity index is 866. The highest BCUT2D eigenvalue weighted by Crippen LogP contribution is 2.34. The van der Waals surface area contributed by atoms with Crippen molar-refractivity contribution in [2.75, 3.05) is 0 Å². The van der Waals surface area contributed by atoms with Crippen molar-refractivity contribution >= 4 is 40.9 Å². The largest absolute Gasteiger partial charge is 0.366 e. The molecule has 0 aliphatic carbocycles. The summed E-state index contributed by atoms with van der Waals surface area (Å²) in [5.41, 5.74) is 5.63. The molecule has 2 N–H and O–H groups in total. The first kappa shape index (κ1) is 15.8. The number of nitrogens with two attached hydrogens (primary N) is 1. The van der Waals surface area contributed by atoms with Crippen molar-refractivity contribution in [3.05, 3.63) is 58.9 Å². The van der Waals surface area contributed by atoms with Crippen molar-refractivity contribution < 1.29 is 4.79 Å². The minimum Gasteiger partial charge on any atom is -0.366 e. The third-order valence-corrected chi connectivity index (χ3v) is 4.53. The van der Waals surface area contributed by atoms with Crippen LogP contribution in [0.4, 0.5) is 0 Å². The molecule has 0 saturated carbocycles. The van der Waals surface area contributed by atoms with Gasteiger partial charge in [-0.25, -0.2) is 15.0 Å². The van der Waals surface area contributed by atoms with Crippen molar-refractivity contribution in [3.8, 4) is 5.82 Å². The Hall–Kier alpha value is -2.09. The Morgan fingerprint density at radius 3 is 2.65 bits per heavy atom. The van der Waals surface area contributed by atoms with Gasteiger partial charge in [-0.05, 0) is 12.1 Å². The number of pyridine rings is 1. The van der Waals surface area contributed by atoms with Gasteiger partial charge in [0.05, 0.1) is 23.0 Å². The Balaban J connectivity index is 1.94. The molecule has 3 heterocycles. The molecule has 1 amide bonds. The van der Waals surface area contributed by atoms with Crippen LogP contribution in [-0.4, -0.2) is 25.4 Å². The van der Waals surface area contributed by atoms with E-state index in [2.05, 4.69) is 15.0 Å². The first-order chi connectivity index (χ1) is 11.0. The summed E-state index contributed by atoms with van der Waals surface area (Å²) in [6, 6.07) is 3.37. The van der Waals surface area contributed by atoms with E-state index in [1.54, 1.807) is 41.5 Å². The highest BCUT2D eigenvalue weighted by Gasteiger charge is 2.13. The molecular weight excluding hydrogens is 357 g/mol. The monoisotopic (exact) mass is 365 g/mol. The number of carbonyl (C=O) groups excluding carboxylic acids is 1. The number of hydrogen-bond donors (Lipinski definition) is 1. The third-order valence-electron chi connectivity index (χ3n) is 2.87. The smallest absolute Gasteiger partial charge is 0.250 e. The van der Waals surface area contributed by atoms with Gasteiger partial charge in [0.25, 0.3) is 0 Å². The van der Waals surface area contributed by atoms with Crippen LogP contribution in [-0.2, 0) is 0 Å². The molecule has 0 unspecified atom stereocenters. The Labute approximate surface area is 145 Å². The molecule has 3 rings (SSSR count). The van der Waals surface area contributed by atoms with Gasteiger partial charge in [0.1, 0.15) is 10.2 Å². The summed E-state index contributed by atoms with van der Waals surface area (Å²) in [4.78, 5) is 24.3. The van der Waals surface area contributed by atoms with E-state index >= 15 is 0 Å². The molecule has 0 fully saturated rings. The van der Waals surface area contributed by atoms with Crippen LogP contribution in [0.3, 0.4) is 0 Å². The molecule has 23 heavy (non-hydrogen) atoms. The number of amides is 1. The van der Waals surface area contributed by atoms with Crippen LogP contribution >= 0.6 is 35.0 Å². The molecule has 6 nitrogen and oxygen atoms in total. The third kappa shape index (κ3) is 3.47. The molecule has 0 atom stereocenters. The van der Waals surface area contributed by atoms with Crippen LogP contribution in [0, 0.1) is 0 Å². The van der Waals surface area contributed by atoms with Gasteiger partial charge in [0, 0.05) is 23.5 Å². The second-order valence-electron chi connectivity index (χ2n) is 4.40. The second kappa shape index (κ2) is 6.57. The van der Waals surface area contributed by atoms with Crippen molar-refractivity contribution in [2.24, 2.45) is 5.73 Å². The van der Waals surface area contributed by atoms with Crippen molar-refractivity contribution in [2.45, 2.75) is 9.92 Å². The fraction of sp³-hybridized carbons (Fsp3) is 0. The molecule has 116 valence electrons. The summed E-state index contributed by atoms with van der Waals surface area (Å²) < 4.78 is 1.64. The number of aromatic nitrogens is 4. The first-order valence-electron chi connectivity index (χ1n) is 6.32. The van der Waals surface area contributed by atoms with E-state index in [4.69, 9.17) is 28.9 Å². The fourth-order valence-electron chi connectivity index (χ4n) is 1.81.